The van der Waals surface area contributed by atoms with Crippen molar-refractivity contribution in [1.29, 1.82) is 0 Å². The summed E-state index contributed by atoms with van der Waals surface area (Å²) in [5.74, 6) is -0.356. The van der Waals surface area contributed by atoms with Crippen LogP contribution in [0.4, 0.5) is 5.69 Å². The lowest BCUT2D eigenvalue weighted by Gasteiger charge is -2.19. The van der Waals surface area contributed by atoms with Gasteiger partial charge < -0.3 is 19.1 Å². The molecular weight excluding hydrogens is 341 g/mol. The highest BCUT2D eigenvalue weighted by Gasteiger charge is 2.24. The molecule has 0 aromatic heterocycles. The molecule has 1 N–H and O–H groups in total. The summed E-state index contributed by atoms with van der Waals surface area (Å²) in [7, 11) is -3.19. The zero-order valence-corrected chi connectivity index (χ0v) is 16.3. The van der Waals surface area contributed by atoms with E-state index in [1.807, 2.05) is 0 Å². The average molecular weight is 371 g/mol. The van der Waals surface area contributed by atoms with Gasteiger partial charge in [-0.2, -0.15) is 0 Å². The zero-order valence-electron chi connectivity index (χ0n) is 15.5. The van der Waals surface area contributed by atoms with Crippen LogP contribution >= 0.6 is 7.60 Å². The highest BCUT2D eigenvalue weighted by atomic mass is 31.2. The average Bonchev–Trinajstić information content (AvgIpc) is 2.61. The minimum atomic E-state index is -3.19. The number of unbranched alkanes of at least 4 members (excludes halogenated alkanes) is 2. The van der Waals surface area contributed by atoms with Gasteiger partial charge in [-0.3, -0.25) is 4.57 Å². The number of rotatable bonds is 13. The van der Waals surface area contributed by atoms with Crippen LogP contribution in [-0.4, -0.2) is 32.1 Å². The number of hydrogen-bond acceptors (Lipinski definition) is 6. The van der Waals surface area contributed by atoms with Crippen LogP contribution in [0.25, 0.3) is 0 Å². The molecule has 0 spiro atoms. The summed E-state index contributed by atoms with van der Waals surface area (Å²) in [6.45, 7) is 7.05. The molecule has 1 rings (SSSR count). The molecule has 0 heterocycles. The molecule has 1 aromatic rings. The predicted molar refractivity (Wildman–Crippen MR) is 100 cm³/mol. The van der Waals surface area contributed by atoms with Crippen molar-refractivity contribution in [3.05, 3.63) is 29.8 Å². The Hall–Kier alpha value is -1.36. The molecule has 1 aromatic carbocycles. The highest BCUT2D eigenvalue weighted by Crippen LogP contribution is 2.48. The van der Waals surface area contributed by atoms with Gasteiger partial charge in [-0.1, -0.05) is 26.7 Å². The number of carbonyl (C=O) groups excluding carboxylic acids is 1. The Kier molecular flexibility index (Phi) is 10.5. The molecule has 7 heteroatoms. The van der Waals surface area contributed by atoms with E-state index in [-0.39, 0.29) is 12.3 Å². The fraction of sp³-hybridized carbons (Fsp3) is 0.611. The van der Waals surface area contributed by atoms with Crippen molar-refractivity contribution in [2.75, 3.05) is 31.4 Å². The third kappa shape index (κ3) is 8.52. The molecule has 142 valence electrons. The van der Waals surface area contributed by atoms with Crippen molar-refractivity contribution in [3.8, 4) is 0 Å². The van der Waals surface area contributed by atoms with Gasteiger partial charge in [-0.15, -0.1) is 0 Å². The van der Waals surface area contributed by atoms with Crippen LogP contribution in [0, 0.1) is 0 Å². The smallest absolute Gasteiger partial charge is 0.349 e. The fourth-order valence-electron chi connectivity index (χ4n) is 1.95. The van der Waals surface area contributed by atoms with E-state index in [1.54, 1.807) is 31.2 Å². The lowest BCUT2D eigenvalue weighted by Crippen LogP contribution is -2.10. The van der Waals surface area contributed by atoms with Gasteiger partial charge in [0, 0.05) is 5.69 Å². The molecule has 0 saturated carbocycles. The highest BCUT2D eigenvalue weighted by molar-refractivity contribution is 7.53. The molecule has 0 radical (unpaired) electrons. The van der Waals surface area contributed by atoms with Crippen LogP contribution in [-0.2, 0) is 18.3 Å². The molecule has 0 aliphatic carbocycles. The first-order chi connectivity index (χ1) is 12.0. The predicted octanol–water partition coefficient (Wildman–Crippen LogP) is 5.06. The monoisotopic (exact) mass is 371 g/mol. The number of esters is 1. The molecule has 0 aliphatic rings. The van der Waals surface area contributed by atoms with Gasteiger partial charge in [0.1, 0.15) is 6.29 Å². The molecule has 25 heavy (non-hydrogen) atoms. The van der Waals surface area contributed by atoms with Gasteiger partial charge in [0.2, 0.25) is 0 Å². The minimum Gasteiger partial charge on any atom is -0.462 e. The van der Waals surface area contributed by atoms with Gasteiger partial charge >= 0.3 is 13.6 Å². The van der Waals surface area contributed by atoms with Crippen LogP contribution in [0.15, 0.2) is 24.3 Å². The Balaban J connectivity index is 2.61. The lowest BCUT2D eigenvalue weighted by molar-refractivity contribution is 0.0526. The molecule has 0 atom stereocenters. The molecule has 0 fully saturated rings. The van der Waals surface area contributed by atoms with Gasteiger partial charge in [0.25, 0.3) is 0 Å². The van der Waals surface area contributed by atoms with Crippen LogP contribution in [0.1, 0.15) is 56.8 Å². The number of benzene rings is 1. The van der Waals surface area contributed by atoms with E-state index >= 15 is 0 Å². The van der Waals surface area contributed by atoms with E-state index in [2.05, 4.69) is 19.2 Å². The van der Waals surface area contributed by atoms with Gasteiger partial charge in [-0.25, -0.2) is 4.79 Å². The number of ether oxygens (including phenoxy) is 1. The molecule has 6 nitrogen and oxygen atoms in total. The molecule has 0 aliphatic heterocycles. The molecule has 0 amide bonds. The summed E-state index contributed by atoms with van der Waals surface area (Å²) in [5, 5.41) is 3.07. The number of hydrogen-bond donors (Lipinski definition) is 1. The first-order valence-electron chi connectivity index (χ1n) is 8.93. The molecule has 0 bridgehead atoms. The lowest BCUT2D eigenvalue weighted by atomic mass is 10.2. The Morgan fingerprint density at radius 3 is 2.04 bits per heavy atom. The van der Waals surface area contributed by atoms with Crippen LogP contribution in [0.2, 0.25) is 0 Å². The fourth-order valence-corrected chi connectivity index (χ4v) is 3.40. The third-order valence-corrected chi connectivity index (χ3v) is 5.14. The quantitative estimate of drug-likeness (QED) is 0.297. The minimum absolute atomic E-state index is 0.0964. The first kappa shape index (κ1) is 21.7. The van der Waals surface area contributed by atoms with Gasteiger partial charge in [-0.05, 0) is 44.0 Å². The Morgan fingerprint density at radius 2 is 1.56 bits per heavy atom. The van der Waals surface area contributed by atoms with E-state index in [4.69, 9.17) is 13.8 Å². The summed E-state index contributed by atoms with van der Waals surface area (Å²) in [6.07, 6.45) is 3.72. The Morgan fingerprint density at radius 1 is 1.00 bits per heavy atom. The summed E-state index contributed by atoms with van der Waals surface area (Å²) in [4.78, 5) is 11.6. The van der Waals surface area contributed by atoms with E-state index in [9.17, 15) is 9.36 Å². The Labute approximate surface area is 150 Å². The van der Waals surface area contributed by atoms with E-state index in [0.717, 1.165) is 31.4 Å². The van der Waals surface area contributed by atoms with Crippen molar-refractivity contribution in [2.24, 2.45) is 0 Å². The van der Waals surface area contributed by atoms with Gasteiger partial charge in [0.05, 0.1) is 25.4 Å². The maximum Gasteiger partial charge on any atom is 0.349 e. The second kappa shape index (κ2) is 12.1. The van der Waals surface area contributed by atoms with E-state index in [1.165, 1.54) is 0 Å². The number of anilines is 1. The van der Waals surface area contributed by atoms with Crippen molar-refractivity contribution < 1.29 is 23.1 Å². The summed E-state index contributed by atoms with van der Waals surface area (Å²) < 4.78 is 28.8. The zero-order chi connectivity index (χ0) is 18.5. The van der Waals surface area contributed by atoms with E-state index < -0.39 is 7.60 Å². The normalized spacial score (nSPS) is 11.3. The maximum absolute atomic E-state index is 12.8. The molecular formula is C18H30NO5P. The van der Waals surface area contributed by atoms with Crippen LogP contribution < -0.4 is 5.32 Å². The van der Waals surface area contributed by atoms with E-state index in [0.29, 0.717) is 25.4 Å². The largest absolute Gasteiger partial charge is 0.462 e. The van der Waals surface area contributed by atoms with Crippen molar-refractivity contribution in [3.63, 3.8) is 0 Å². The Bertz CT molecular complexity index is 533. The summed E-state index contributed by atoms with van der Waals surface area (Å²) >= 11 is 0. The van der Waals surface area contributed by atoms with Crippen molar-refractivity contribution >= 4 is 19.3 Å². The SMILES string of the molecule is CCCCOP(=O)(CNc1ccc(C(=O)OCC)cc1)OCCCC. The third-order valence-electron chi connectivity index (χ3n) is 3.44. The summed E-state index contributed by atoms with van der Waals surface area (Å²) in [5.41, 5.74) is 1.22. The summed E-state index contributed by atoms with van der Waals surface area (Å²) in [6, 6.07) is 6.83. The standard InChI is InChI=1S/C18H30NO5P/c1-4-7-13-23-25(21,24-14-8-5-2)15-19-17-11-9-16(10-12-17)18(20)22-6-3/h9-12,19H,4-8,13-15H2,1-3H3. The molecule has 0 saturated heterocycles. The molecule has 0 unspecified atom stereocenters. The second-order valence-corrected chi connectivity index (χ2v) is 7.67. The first-order valence-corrected chi connectivity index (χ1v) is 10.7. The maximum atomic E-state index is 12.8. The topological polar surface area (TPSA) is 73.9 Å². The van der Waals surface area contributed by atoms with Crippen LogP contribution in [0.5, 0.6) is 0 Å². The number of carbonyl (C=O) groups is 1. The van der Waals surface area contributed by atoms with Gasteiger partial charge in [0.15, 0.2) is 0 Å². The van der Waals surface area contributed by atoms with Crippen molar-refractivity contribution in [1.82, 2.24) is 0 Å². The number of nitrogens with one attached hydrogen (secondary N) is 1. The second-order valence-electron chi connectivity index (χ2n) is 5.62. The van der Waals surface area contributed by atoms with Crippen LogP contribution in [0.3, 0.4) is 0 Å². The van der Waals surface area contributed by atoms with Crippen molar-refractivity contribution in [2.45, 2.75) is 46.5 Å².